The summed E-state index contributed by atoms with van der Waals surface area (Å²) in [5, 5.41) is 18.8. The zero-order valence-electron chi connectivity index (χ0n) is 16.5. The van der Waals surface area contributed by atoms with E-state index in [2.05, 4.69) is 37.1 Å². The Morgan fingerprint density at radius 2 is 1.93 bits per heavy atom. The lowest BCUT2D eigenvalue weighted by Crippen LogP contribution is -2.38. The minimum Gasteiger partial charge on any atom is -0.496 e. The average Bonchev–Trinajstić information content (AvgIpc) is 3.24. The van der Waals surface area contributed by atoms with Gasteiger partial charge < -0.3 is 14.4 Å². The minimum atomic E-state index is 0.391. The summed E-state index contributed by atoms with van der Waals surface area (Å²) in [4.78, 5) is 2.13. The third-order valence-electron chi connectivity index (χ3n) is 4.81. The quantitative estimate of drug-likeness (QED) is 0.531. The Morgan fingerprint density at radius 1 is 1.17 bits per heavy atom. The van der Waals surface area contributed by atoms with Crippen LogP contribution in [-0.2, 0) is 4.74 Å². The predicted octanol–water partition coefficient (Wildman–Crippen LogP) is 3.94. The lowest BCUT2D eigenvalue weighted by Gasteiger charge is -2.28. The standard InChI is InChI=1S/C22H20BrN5O2/c1-29-20-8-7-18(23)14-16(20)13-17(15-24)21-25-26-22(27-9-11-30-12-10-27)28(21)19-5-3-2-4-6-19/h2-8,13-14H,9-12H2,1H3/b17-13+. The van der Waals surface area contributed by atoms with Crippen molar-refractivity contribution in [3.63, 3.8) is 0 Å². The molecule has 1 aliphatic heterocycles. The third-order valence-corrected chi connectivity index (χ3v) is 5.30. The Balaban J connectivity index is 1.86. The molecule has 0 unspecified atom stereocenters. The molecule has 0 atom stereocenters. The number of ether oxygens (including phenoxy) is 2. The van der Waals surface area contributed by atoms with Crippen molar-refractivity contribution in [2.24, 2.45) is 0 Å². The molecule has 0 spiro atoms. The molecule has 4 rings (SSSR count). The molecule has 152 valence electrons. The first kappa shape index (κ1) is 20.1. The fourth-order valence-electron chi connectivity index (χ4n) is 3.35. The second-order valence-electron chi connectivity index (χ2n) is 6.65. The smallest absolute Gasteiger partial charge is 0.232 e. The van der Waals surface area contributed by atoms with E-state index in [1.807, 2.05) is 53.1 Å². The molecule has 0 N–H and O–H groups in total. The molecule has 1 saturated heterocycles. The van der Waals surface area contributed by atoms with Gasteiger partial charge >= 0.3 is 0 Å². The van der Waals surface area contributed by atoms with Crippen molar-refractivity contribution in [2.45, 2.75) is 0 Å². The maximum atomic E-state index is 9.98. The van der Waals surface area contributed by atoms with E-state index in [0.717, 1.165) is 28.8 Å². The normalized spacial score (nSPS) is 14.4. The molecule has 2 aromatic carbocycles. The zero-order chi connectivity index (χ0) is 20.9. The third kappa shape index (κ3) is 4.08. The van der Waals surface area contributed by atoms with E-state index in [0.29, 0.717) is 36.3 Å². The van der Waals surface area contributed by atoms with Crippen molar-refractivity contribution in [1.82, 2.24) is 14.8 Å². The molecule has 0 saturated carbocycles. The van der Waals surface area contributed by atoms with Crippen LogP contribution in [0.25, 0.3) is 17.3 Å². The number of morpholine rings is 1. The highest BCUT2D eigenvalue weighted by Gasteiger charge is 2.23. The number of allylic oxidation sites excluding steroid dienone is 1. The highest BCUT2D eigenvalue weighted by Crippen LogP contribution is 2.30. The number of nitriles is 1. The summed E-state index contributed by atoms with van der Waals surface area (Å²) in [6, 6.07) is 17.8. The molecule has 3 aromatic rings. The lowest BCUT2D eigenvalue weighted by atomic mass is 10.1. The number of rotatable bonds is 5. The Bertz CT molecular complexity index is 1100. The number of hydrogen-bond acceptors (Lipinski definition) is 6. The van der Waals surface area contributed by atoms with Gasteiger partial charge in [0, 0.05) is 23.1 Å². The summed E-state index contributed by atoms with van der Waals surface area (Å²) >= 11 is 3.48. The Kier molecular flexibility index (Phi) is 6.12. The van der Waals surface area contributed by atoms with Crippen molar-refractivity contribution in [1.29, 1.82) is 5.26 Å². The first-order valence-electron chi connectivity index (χ1n) is 9.50. The number of halogens is 1. The van der Waals surface area contributed by atoms with Crippen molar-refractivity contribution in [2.75, 3.05) is 38.3 Å². The molecule has 1 aliphatic rings. The fraction of sp³-hybridized carbons (Fsp3) is 0.227. The van der Waals surface area contributed by atoms with Gasteiger partial charge in [0.15, 0.2) is 5.82 Å². The van der Waals surface area contributed by atoms with Gasteiger partial charge in [-0.2, -0.15) is 5.26 Å². The number of nitrogens with zero attached hydrogens (tertiary/aromatic N) is 5. The molecule has 2 heterocycles. The molecular formula is C22H20BrN5O2. The second-order valence-corrected chi connectivity index (χ2v) is 7.57. The maximum absolute atomic E-state index is 9.98. The molecule has 0 bridgehead atoms. The molecule has 1 fully saturated rings. The molecule has 0 radical (unpaired) electrons. The van der Waals surface area contributed by atoms with Crippen LogP contribution in [0.15, 0.2) is 53.0 Å². The molecule has 8 heteroatoms. The van der Waals surface area contributed by atoms with Gasteiger partial charge in [-0.05, 0) is 36.4 Å². The van der Waals surface area contributed by atoms with Crippen LogP contribution < -0.4 is 9.64 Å². The number of benzene rings is 2. The van der Waals surface area contributed by atoms with Gasteiger partial charge in [-0.25, -0.2) is 0 Å². The minimum absolute atomic E-state index is 0.391. The van der Waals surface area contributed by atoms with Crippen LogP contribution in [-0.4, -0.2) is 48.2 Å². The molecule has 7 nitrogen and oxygen atoms in total. The topological polar surface area (TPSA) is 76.2 Å². The molecule has 0 aliphatic carbocycles. The van der Waals surface area contributed by atoms with Crippen LogP contribution >= 0.6 is 15.9 Å². The van der Waals surface area contributed by atoms with Crippen LogP contribution in [0.1, 0.15) is 11.4 Å². The highest BCUT2D eigenvalue weighted by molar-refractivity contribution is 9.10. The monoisotopic (exact) mass is 465 g/mol. The van der Waals surface area contributed by atoms with Gasteiger partial charge in [0.05, 0.1) is 31.6 Å². The second kappa shape index (κ2) is 9.11. The van der Waals surface area contributed by atoms with Crippen molar-refractivity contribution < 1.29 is 9.47 Å². The van der Waals surface area contributed by atoms with Gasteiger partial charge in [-0.15, -0.1) is 10.2 Å². The van der Waals surface area contributed by atoms with Crippen molar-refractivity contribution in [3.05, 3.63) is 64.4 Å². The Hall–Kier alpha value is -3.15. The van der Waals surface area contributed by atoms with Crippen molar-refractivity contribution >= 4 is 33.5 Å². The lowest BCUT2D eigenvalue weighted by molar-refractivity contribution is 0.122. The van der Waals surface area contributed by atoms with Crippen LogP contribution in [0.2, 0.25) is 0 Å². The predicted molar refractivity (Wildman–Crippen MR) is 119 cm³/mol. The van der Waals surface area contributed by atoms with Crippen LogP contribution in [0.4, 0.5) is 5.95 Å². The Labute approximate surface area is 183 Å². The van der Waals surface area contributed by atoms with E-state index < -0.39 is 0 Å². The van der Waals surface area contributed by atoms with Crippen LogP contribution in [0.3, 0.4) is 0 Å². The molecular weight excluding hydrogens is 446 g/mol. The number of anilines is 1. The molecule has 30 heavy (non-hydrogen) atoms. The zero-order valence-corrected chi connectivity index (χ0v) is 18.0. The maximum Gasteiger partial charge on any atom is 0.232 e. The van der Waals surface area contributed by atoms with E-state index in [1.165, 1.54) is 0 Å². The van der Waals surface area contributed by atoms with E-state index in [-0.39, 0.29) is 0 Å². The van der Waals surface area contributed by atoms with E-state index in [4.69, 9.17) is 9.47 Å². The summed E-state index contributed by atoms with van der Waals surface area (Å²) in [7, 11) is 1.61. The molecule has 0 amide bonds. The van der Waals surface area contributed by atoms with Crippen molar-refractivity contribution in [3.8, 4) is 17.5 Å². The summed E-state index contributed by atoms with van der Waals surface area (Å²) in [6.07, 6.45) is 1.77. The molecule has 1 aromatic heterocycles. The number of aromatic nitrogens is 3. The Morgan fingerprint density at radius 3 is 2.63 bits per heavy atom. The summed E-state index contributed by atoms with van der Waals surface area (Å²) in [5.41, 5.74) is 2.06. The summed E-state index contributed by atoms with van der Waals surface area (Å²) < 4.78 is 13.7. The average molecular weight is 466 g/mol. The van der Waals surface area contributed by atoms with Gasteiger partial charge in [-0.3, -0.25) is 4.57 Å². The number of methoxy groups -OCH3 is 1. The van der Waals surface area contributed by atoms with Gasteiger partial charge in [0.1, 0.15) is 11.8 Å². The van der Waals surface area contributed by atoms with Crippen LogP contribution in [0.5, 0.6) is 5.75 Å². The van der Waals surface area contributed by atoms with Crippen LogP contribution in [0, 0.1) is 11.3 Å². The SMILES string of the molecule is COc1ccc(Br)cc1/C=C(\C#N)c1nnc(N2CCOCC2)n1-c1ccccc1. The van der Waals surface area contributed by atoms with Gasteiger partial charge in [-0.1, -0.05) is 34.1 Å². The van der Waals surface area contributed by atoms with Gasteiger partial charge in [0.2, 0.25) is 5.95 Å². The van der Waals surface area contributed by atoms with E-state index >= 15 is 0 Å². The first-order valence-corrected chi connectivity index (χ1v) is 10.3. The van der Waals surface area contributed by atoms with Gasteiger partial charge in [0.25, 0.3) is 0 Å². The number of hydrogen-bond donors (Lipinski definition) is 0. The van der Waals surface area contributed by atoms with E-state index in [9.17, 15) is 5.26 Å². The largest absolute Gasteiger partial charge is 0.496 e. The highest BCUT2D eigenvalue weighted by atomic mass is 79.9. The van der Waals surface area contributed by atoms with E-state index in [1.54, 1.807) is 13.2 Å². The summed E-state index contributed by atoms with van der Waals surface area (Å²) in [5.74, 6) is 1.85. The summed E-state index contributed by atoms with van der Waals surface area (Å²) in [6.45, 7) is 2.70. The number of para-hydroxylation sites is 1. The first-order chi connectivity index (χ1) is 14.7. The fourth-order valence-corrected chi connectivity index (χ4v) is 3.73.